The minimum absolute atomic E-state index is 0.00170. The Morgan fingerprint density at radius 3 is 2.82 bits per heavy atom. The fourth-order valence-corrected chi connectivity index (χ4v) is 3.18. The van der Waals surface area contributed by atoms with Crippen molar-refractivity contribution in [3.05, 3.63) is 29.3 Å². The summed E-state index contributed by atoms with van der Waals surface area (Å²) in [6, 6.07) is 6.03. The van der Waals surface area contributed by atoms with Gasteiger partial charge in [-0.15, -0.1) is 0 Å². The number of anilines is 1. The van der Waals surface area contributed by atoms with E-state index in [0.29, 0.717) is 18.8 Å². The van der Waals surface area contributed by atoms with Gasteiger partial charge in [0.05, 0.1) is 6.04 Å². The quantitative estimate of drug-likeness (QED) is 0.877. The van der Waals surface area contributed by atoms with Crippen LogP contribution in [0.4, 0.5) is 5.69 Å². The van der Waals surface area contributed by atoms with E-state index in [0.717, 1.165) is 29.2 Å². The first-order valence-corrected chi connectivity index (χ1v) is 8.25. The van der Waals surface area contributed by atoms with Gasteiger partial charge in [0, 0.05) is 18.5 Å². The van der Waals surface area contributed by atoms with Crippen LogP contribution in [0.25, 0.3) is 0 Å². The van der Waals surface area contributed by atoms with Crippen LogP contribution >= 0.6 is 0 Å². The normalized spacial score (nSPS) is 19.8. The van der Waals surface area contributed by atoms with E-state index in [1.807, 2.05) is 19.1 Å². The first kappa shape index (κ1) is 15.1. The van der Waals surface area contributed by atoms with Gasteiger partial charge in [0.25, 0.3) is 0 Å². The van der Waals surface area contributed by atoms with Crippen molar-refractivity contribution in [3.63, 3.8) is 0 Å². The molecule has 1 heterocycles. The molecule has 3 rings (SSSR count). The number of carbonyl (C=O) groups is 2. The van der Waals surface area contributed by atoms with Crippen LogP contribution in [0.15, 0.2) is 18.2 Å². The second-order valence-corrected chi connectivity index (χ2v) is 6.77. The molecule has 1 aliphatic heterocycles. The highest BCUT2D eigenvalue weighted by Gasteiger charge is 2.29. The van der Waals surface area contributed by atoms with Gasteiger partial charge in [-0.05, 0) is 55.2 Å². The van der Waals surface area contributed by atoms with Crippen molar-refractivity contribution >= 4 is 17.5 Å². The molecular weight excluding hydrogens is 276 g/mol. The van der Waals surface area contributed by atoms with Crippen LogP contribution in [0.2, 0.25) is 0 Å². The fraction of sp³-hybridized carbons (Fsp3) is 0.556. The lowest BCUT2D eigenvalue weighted by molar-refractivity contribution is -0.122. The van der Waals surface area contributed by atoms with Crippen molar-refractivity contribution in [2.75, 3.05) is 5.32 Å². The maximum atomic E-state index is 12.1. The van der Waals surface area contributed by atoms with Crippen LogP contribution in [0.1, 0.15) is 56.7 Å². The minimum atomic E-state index is 0.00170. The number of nitrogens with one attached hydrogen (secondary N) is 2. The standard InChI is InChI=1S/C18H24N2O2/c1-11(13-3-4-13)9-18(22)19-12(2)14-5-7-16-15(10-14)6-8-17(21)20-16/h5,7,10-13H,3-4,6,8-9H2,1-2H3,(H,19,22)(H,20,21)/t11-,12-/m0/s1. The molecule has 22 heavy (non-hydrogen) atoms. The van der Waals surface area contributed by atoms with E-state index in [2.05, 4.69) is 23.6 Å². The maximum absolute atomic E-state index is 12.1. The third-order valence-electron chi connectivity index (χ3n) is 4.84. The molecule has 1 saturated carbocycles. The molecule has 0 saturated heterocycles. The largest absolute Gasteiger partial charge is 0.350 e. The molecule has 1 aliphatic carbocycles. The minimum Gasteiger partial charge on any atom is -0.350 e. The molecule has 2 N–H and O–H groups in total. The summed E-state index contributed by atoms with van der Waals surface area (Å²) in [5.74, 6) is 1.47. The molecule has 4 nitrogen and oxygen atoms in total. The molecule has 0 bridgehead atoms. The lowest BCUT2D eigenvalue weighted by Gasteiger charge is -2.21. The van der Waals surface area contributed by atoms with E-state index in [1.54, 1.807) is 0 Å². The summed E-state index contributed by atoms with van der Waals surface area (Å²) in [4.78, 5) is 23.5. The zero-order valence-electron chi connectivity index (χ0n) is 13.3. The number of hydrogen-bond acceptors (Lipinski definition) is 2. The van der Waals surface area contributed by atoms with Crippen LogP contribution in [0, 0.1) is 11.8 Å². The van der Waals surface area contributed by atoms with Crippen LogP contribution in [0.5, 0.6) is 0 Å². The van der Waals surface area contributed by atoms with E-state index in [9.17, 15) is 9.59 Å². The summed E-state index contributed by atoms with van der Waals surface area (Å²) in [7, 11) is 0. The zero-order chi connectivity index (χ0) is 15.7. The summed E-state index contributed by atoms with van der Waals surface area (Å²) in [6.07, 6.45) is 4.49. The molecule has 4 heteroatoms. The molecule has 2 aliphatic rings. The number of benzene rings is 1. The van der Waals surface area contributed by atoms with Crippen molar-refractivity contribution in [3.8, 4) is 0 Å². The summed E-state index contributed by atoms with van der Waals surface area (Å²) in [5.41, 5.74) is 3.16. The number of carbonyl (C=O) groups excluding carboxylic acids is 2. The van der Waals surface area contributed by atoms with Gasteiger partial charge in [0.1, 0.15) is 0 Å². The highest BCUT2D eigenvalue weighted by molar-refractivity contribution is 5.93. The summed E-state index contributed by atoms with van der Waals surface area (Å²) >= 11 is 0. The van der Waals surface area contributed by atoms with E-state index in [1.165, 1.54) is 12.8 Å². The van der Waals surface area contributed by atoms with Crippen molar-refractivity contribution in [2.45, 2.75) is 52.0 Å². The molecule has 2 amide bonds. The Kier molecular flexibility index (Phi) is 4.19. The number of amides is 2. The van der Waals surface area contributed by atoms with Crippen LogP contribution in [-0.4, -0.2) is 11.8 Å². The Labute approximate surface area is 131 Å². The molecule has 0 radical (unpaired) electrons. The highest BCUT2D eigenvalue weighted by atomic mass is 16.2. The first-order chi connectivity index (χ1) is 10.5. The van der Waals surface area contributed by atoms with E-state index in [-0.39, 0.29) is 17.9 Å². The molecule has 1 aromatic carbocycles. The average Bonchev–Trinajstić information content (AvgIpc) is 3.31. The van der Waals surface area contributed by atoms with Crippen molar-refractivity contribution in [2.24, 2.45) is 11.8 Å². The number of aryl methyl sites for hydroxylation is 1. The van der Waals surface area contributed by atoms with E-state index in [4.69, 9.17) is 0 Å². The van der Waals surface area contributed by atoms with Gasteiger partial charge in [-0.25, -0.2) is 0 Å². The monoisotopic (exact) mass is 300 g/mol. The molecule has 0 spiro atoms. The lowest BCUT2D eigenvalue weighted by atomic mass is 9.97. The van der Waals surface area contributed by atoms with Crippen LogP contribution in [-0.2, 0) is 16.0 Å². The van der Waals surface area contributed by atoms with Gasteiger partial charge in [-0.2, -0.15) is 0 Å². The third kappa shape index (κ3) is 3.49. The summed E-state index contributed by atoms with van der Waals surface area (Å²) < 4.78 is 0. The first-order valence-electron chi connectivity index (χ1n) is 8.25. The predicted octanol–water partition coefficient (Wildman–Crippen LogP) is 3.18. The third-order valence-corrected chi connectivity index (χ3v) is 4.84. The average molecular weight is 300 g/mol. The lowest BCUT2D eigenvalue weighted by Crippen LogP contribution is -2.28. The smallest absolute Gasteiger partial charge is 0.224 e. The van der Waals surface area contributed by atoms with E-state index < -0.39 is 0 Å². The molecule has 1 aromatic rings. The van der Waals surface area contributed by atoms with Gasteiger partial charge >= 0.3 is 0 Å². The predicted molar refractivity (Wildman–Crippen MR) is 86.5 cm³/mol. The van der Waals surface area contributed by atoms with Crippen LogP contribution in [0.3, 0.4) is 0 Å². The Balaban J connectivity index is 1.60. The van der Waals surface area contributed by atoms with Crippen molar-refractivity contribution in [1.29, 1.82) is 0 Å². The van der Waals surface area contributed by atoms with Gasteiger partial charge in [0.2, 0.25) is 11.8 Å². The number of hydrogen-bond donors (Lipinski definition) is 2. The Morgan fingerprint density at radius 1 is 1.32 bits per heavy atom. The molecule has 0 aromatic heterocycles. The van der Waals surface area contributed by atoms with Crippen molar-refractivity contribution in [1.82, 2.24) is 5.32 Å². The van der Waals surface area contributed by atoms with Gasteiger partial charge in [-0.1, -0.05) is 19.1 Å². The summed E-state index contributed by atoms with van der Waals surface area (Å²) in [6.45, 7) is 4.19. The van der Waals surface area contributed by atoms with Gasteiger partial charge in [-0.3, -0.25) is 9.59 Å². The van der Waals surface area contributed by atoms with Gasteiger partial charge < -0.3 is 10.6 Å². The van der Waals surface area contributed by atoms with Crippen molar-refractivity contribution < 1.29 is 9.59 Å². The highest BCUT2D eigenvalue weighted by Crippen LogP contribution is 2.38. The topological polar surface area (TPSA) is 58.2 Å². The SMILES string of the molecule is C[C@H](NC(=O)C[C@H](C)C1CC1)c1ccc2c(c1)CCC(=O)N2. The number of rotatable bonds is 5. The molecule has 2 atom stereocenters. The Morgan fingerprint density at radius 2 is 2.09 bits per heavy atom. The zero-order valence-corrected chi connectivity index (χ0v) is 13.3. The Hall–Kier alpha value is -1.84. The summed E-state index contributed by atoms with van der Waals surface area (Å²) in [5, 5.41) is 5.99. The Bertz CT molecular complexity index is 593. The second kappa shape index (κ2) is 6.11. The molecular formula is C18H24N2O2. The second-order valence-electron chi connectivity index (χ2n) is 6.77. The van der Waals surface area contributed by atoms with Crippen LogP contribution < -0.4 is 10.6 Å². The van der Waals surface area contributed by atoms with E-state index >= 15 is 0 Å². The fourth-order valence-electron chi connectivity index (χ4n) is 3.18. The van der Waals surface area contributed by atoms with Gasteiger partial charge in [0.15, 0.2) is 0 Å². The number of fused-ring (bicyclic) bond motifs is 1. The molecule has 1 fully saturated rings. The maximum Gasteiger partial charge on any atom is 0.224 e. The molecule has 0 unspecified atom stereocenters. The molecule has 118 valence electrons.